The maximum absolute atomic E-state index is 12.7. The monoisotopic (exact) mass is 312 g/mol. The van der Waals surface area contributed by atoms with Gasteiger partial charge in [0.15, 0.2) is 0 Å². The molecular formula is C18H13ClO3. The largest absolute Gasteiger partial charge is 0.460 e. The third-order valence-electron chi connectivity index (χ3n) is 3.57. The minimum Gasteiger partial charge on any atom is -0.460 e. The molecule has 0 spiro atoms. The van der Waals surface area contributed by atoms with Crippen molar-refractivity contribution in [3.8, 4) is 0 Å². The molecule has 4 heteroatoms. The Bertz CT molecular complexity index is 954. The Labute approximate surface area is 132 Å². The second-order valence-corrected chi connectivity index (χ2v) is 5.58. The summed E-state index contributed by atoms with van der Waals surface area (Å²) in [5, 5.41) is 0.710. The van der Waals surface area contributed by atoms with Crippen molar-refractivity contribution < 1.29 is 9.21 Å². The van der Waals surface area contributed by atoms with Crippen LogP contribution < -0.4 is 5.43 Å². The van der Waals surface area contributed by atoms with Crippen LogP contribution in [0.15, 0.2) is 51.7 Å². The number of hydrogen-bond acceptors (Lipinski definition) is 3. The first kappa shape index (κ1) is 14.5. The molecule has 0 radical (unpaired) electrons. The van der Waals surface area contributed by atoms with Gasteiger partial charge in [-0.2, -0.15) is 0 Å². The van der Waals surface area contributed by atoms with E-state index < -0.39 is 5.78 Å². The average molecular weight is 313 g/mol. The van der Waals surface area contributed by atoms with Crippen molar-refractivity contribution in [1.29, 1.82) is 0 Å². The van der Waals surface area contributed by atoms with Gasteiger partial charge in [0.05, 0.1) is 10.4 Å². The normalized spacial score (nSPS) is 10.9. The minimum atomic E-state index is -0.417. The first-order valence-corrected chi connectivity index (χ1v) is 7.20. The highest BCUT2D eigenvalue weighted by molar-refractivity contribution is 6.35. The summed E-state index contributed by atoms with van der Waals surface area (Å²) in [5.41, 5.74) is 1.47. The van der Waals surface area contributed by atoms with Gasteiger partial charge in [0.2, 0.25) is 11.2 Å². The van der Waals surface area contributed by atoms with Gasteiger partial charge in [0, 0.05) is 5.56 Å². The Morgan fingerprint density at radius 1 is 1.09 bits per heavy atom. The molecule has 2 aromatic carbocycles. The standard InChI is InChI=1S/C18H13ClO3/c1-10-7-8-13-15(9-10)22-11(2)16(18(13)21)17(20)12-5-3-4-6-14(12)19/h3-9H,1-2H3. The van der Waals surface area contributed by atoms with E-state index in [9.17, 15) is 9.59 Å². The fourth-order valence-corrected chi connectivity index (χ4v) is 2.68. The van der Waals surface area contributed by atoms with Crippen molar-refractivity contribution in [2.75, 3.05) is 0 Å². The minimum absolute atomic E-state index is 0.0319. The van der Waals surface area contributed by atoms with Crippen molar-refractivity contribution in [1.82, 2.24) is 0 Å². The number of fused-ring (bicyclic) bond motifs is 1. The summed E-state index contributed by atoms with van der Waals surface area (Å²) < 4.78 is 5.67. The number of aryl methyl sites for hydroxylation is 2. The molecule has 0 aliphatic carbocycles. The SMILES string of the molecule is Cc1ccc2c(=O)c(C(=O)c3ccccc3Cl)c(C)oc2c1. The molecule has 0 fully saturated rings. The molecule has 0 aliphatic heterocycles. The van der Waals surface area contributed by atoms with E-state index in [1.54, 1.807) is 43.3 Å². The van der Waals surface area contributed by atoms with Gasteiger partial charge in [-0.25, -0.2) is 0 Å². The summed E-state index contributed by atoms with van der Waals surface area (Å²) in [6, 6.07) is 11.9. The number of rotatable bonds is 2. The van der Waals surface area contributed by atoms with Crippen molar-refractivity contribution in [3.05, 3.63) is 80.2 Å². The van der Waals surface area contributed by atoms with Crippen LogP contribution in [-0.4, -0.2) is 5.78 Å². The Morgan fingerprint density at radius 2 is 1.82 bits per heavy atom. The van der Waals surface area contributed by atoms with E-state index >= 15 is 0 Å². The quantitative estimate of drug-likeness (QED) is 0.663. The Kier molecular flexibility index (Phi) is 3.59. The summed E-state index contributed by atoms with van der Waals surface area (Å²) >= 11 is 6.06. The average Bonchev–Trinajstić information content (AvgIpc) is 2.47. The molecule has 0 aliphatic rings. The fourth-order valence-electron chi connectivity index (χ4n) is 2.46. The summed E-state index contributed by atoms with van der Waals surface area (Å²) in [7, 11) is 0. The van der Waals surface area contributed by atoms with Gasteiger partial charge in [-0.15, -0.1) is 0 Å². The molecule has 0 bridgehead atoms. The molecule has 3 rings (SSSR count). The molecule has 22 heavy (non-hydrogen) atoms. The van der Waals surface area contributed by atoms with Gasteiger partial charge >= 0.3 is 0 Å². The van der Waals surface area contributed by atoms with Crippen molar-refractivity contribution in [3.63, 3.8) is 0 Å². The highest BCUT2D eigenvalue weighted by Gasteiger charge is 2.21. The molecule has 1 heterocycles. The molecule has 0 saturated carbocycles. The second-order valence-electron chi connectivity index (χ2n) is 5.17. The van der Waals surface area contributed by atoms with Crippen LogP contribution in [0.3, 0.4) is 0 Å². The molecule has 3 aromatic rings. The number of carbonyl (C=O) groups is 1. The Hall–Kier alpha value is -2.39. The smallest absolute Gasteiger partial charge is 0.204 e. The lowest BCUT2D eigenvalue weighted by Crippen LogP contribution is -2.18. The number of ketones is 1. The Morgan fingerprint density at radius 3 is 2.55 bits per heavy atom. The lowest BCUT2D eigenvalue weighted by molar-refractivity contribution is 0.103. The van der Waals surface area contributed by atoms with Gasteiger partial charge in [0.1, 0.15) is 16.9 Å². The highest BCUT2D eigenvalue weighted by atomic mass is 35.5. The summed E-state index contributed by atoms with van der Waals surface area (Å²) in [5.74, 6) is -0.118. The number of benzene rings is 2. The molecule has 0 N–H and O–H groups in total. The van der Waals surface area contributed by atoms with Crippen molar-refractivity contribution in [2.45, 2.75) is 13.8 Å². The van der Waals surface area contributed by atoms with E-state index in [4.69, 9.17) is 16.0 Å². The molecule has 110 valence electrons. The van der Waals surface area contributed by atoms with Gasteiger partial charge in [0.25, 0.3) is 0 Å². The molecule has 0 saturated heterocycles. The lowest BCUT2D eigenvalue weighted by atomic mass is 10.0. The zero-order valence-electron chi connectivity index (χ0n) is 12.1. The van der Waals surface area contributed by atoms with Crippen LogP contribution in [0.2, 0.25) is 5.02 Å². The van der Waals surface area contributed by atoms with E-state index in [0.717, 1.165) is 5.56 Å². The zero-order valence-corrected chi connectivity index (χ0v) is 12.9. The van der Waals surface area contributed by atoms with E-state index in [0.29, 0.717) is 27.3 Å². The summed E-state index contributed by atoms with van der Waals surface area (Å²) in [4.78, 5) is 25.3. The molecule has 3 nitrogen and oxygen atoms in total. The molecule has 1 aromatic heterocycles. The summed E-state index contributed by atoms with van der Waals surface area (Å²) in [6.07, 6.45) is 0. The highest BCUT2D eigenvalue weighted by Crippen LogP contribution is 2.22. The second kappa shape index (κ2) is 5.43. The maximum Gasteiger partial charge on any atom is 0.204 e. The fraction of sp³-hybridized carbons (Fsp3) is 0.111. The molecule has 0 amide bonds. The maximum atomic E-state index is 12.7. The first-order valence-electron chi connectivity index (χ1n) is 6.82. The molecule has 0 unspecified atom stereocenters. The first-order chi connectivity index (χ1) is 10.5. The predicted molar refractivity (Wildman–Crippen MR) is 86.8 cm³/mol. The topological polar surface area (TPSA) is 47.3 Å². The van der Waals surface area contributed by atoms with Gasteiger partial charge in [-0.05, 0) is 43.7 Å². The van der Waals surface area contributed by atoms with Crippen LogP contribution in [-0.2, 0) is 0 Å². The van der Waals surface area contributed by atoms with Crippen LogP contribution in [0.25, 0.3) is 11.0 Å². The van der Waals surface area contributed by atoms with Gasteiger partial charge < -0.3 is 4.42 Å². The number of halogens is 1. The van der Waals surface area contributed by atoms with Crippen LogP contribution in [0.5, 0.6) is 0 Å². The van der Waals surface area contributed by atoms with Gasteiger partial charge in [-0.1, -0.05) is 29.8 Å². The van der Waals surface area contributed by atoms with Gasteiger partial charge in [-0.3, -0.25) is 9.59 Å². The lowest BCUT2D eigenvalue weighted by Gasteiger charge is -2.07. The number of hydrogen-bond donors (Lipinski definition) is 0. The Balaban J connectivity index is 2.28. The third-order valence-corrected chi connectivity index (χ3v) is 3.90. The van der Waals surface area contributed by atoms with Crippen LogP contribution in [0.1, 0.15) is 27.2 Å². The molecular weight excluding hydrogens is 300 g/mol. The third kappa shape index (κ3) is 2.34. The zero-order chi connectivity index (χ0) is 15.9. The molecule has 0 atom stereocenters. The van der Waals surface area contributed by atoms with E-state index in [-0.39, 0.29) is 11.0 Å². The van der Waals surface area contributed by atoms with Crippen molar-refractivity contribution >= 4 is 28.4 Å². The summed E-state index contributed by atoms with van der Waals surface area (Å²) in [6.45, 7) is 3.53. The van der Waals surface area contributed by atoms with Crippen LogP contribution >= 0.6 is 11.6 Å². The van der Waals surface area contributed by atoms with Crippen LogP contribution in [0, 0.1) is 13.8 Å². The van der Waals surface area contributed by atoms with Crippen molar-refractivity contribution in [2.24, 2.45) is 0 Å². The van der Waals surface area contributed by atoms with E-state index in [2.05, 4.69) is 0 Å². The van der Waals surface area contributed by atoms with E-state index in [1.165, 1.54) is 0 Å². The van der Waals surface area contributed by atoms with Crippen LogP contribution in [0.4, 0.5) is 0 Å². The predicted octanol–water partition coefficient (Wildman–Crippen LogP) is 4.29. The van der Waals surface area contributed by atoms with E-state index in [1.807, 2.05) is 13.0 Å². The number of carbonyl (C=O) groups excluding carboxylic acids is 1.